The highest BCUT2D eigenvalue weighted by atomic mass is 35.5. The summed E-state index contributed by atoms with van der Waals surface area (Å²) in [6.45, 7) is 0. The van der Waals surface area contributed by atoms with Crippen molar-refractivity contribution in [2.45, 2.75) is 30.8 Å². The third-order valence-electron chi connectivity index (χ3n) is 3.07. The highest BCUT2D eigenvalue weighted by molar-refractivity contribution is 6.31. The number of aliphatic hydroxyl groups excluding tert-OH is 3. The zero-order valence-corrected chi connectivity index (χ0v) is 10.3. The molecule has 0 aromatic carbocycles. The summed E-state index contributed by atoms with van der Waals surface area (Å²) in [4.78, 5) is 11.9. The molecule has 3 N–H and O–H groups in total. The van der Waals surface area contributed by atoms with Gasteiger partial charge < -0.3 is 20.1 Å². The van der Waals surface area contributed by atoms with Gasteiger partial charge in [-0.2, -0.15) is 5.10 Å². The molecule has 100 valence electrons. The van der Waals surface area contributed by atoms with Crippen molar-refractivity contribution in [1.82, 2.24) is 9.78 Å². The molecule has 0 saturated heterocycles. The van der Waals surface area contributed by atoms with Crippen molar-refractivity contribution in [1.29, 1.82) is 0 Å². The fourth-order valence-corrected chi connectivity index (χ4v) is 2.25. The summed E-state index contributed by atoms with van der Waals surface area (Å²) in [6, 6.07) is -0.814. The van der Waals surface area contributed by atoms with E-state index in [-0.39, 0.29) is 17.2 Å². The van der Waals surface area contributed by atoms with Gasteiger partial charge in [0.05, 0.1) is 25.5 Å². The van der Waals surface area contributed by atoms with Crippen LogP contribution in [0.2, 0.25) is 5.02 Å². The van der Waals surface area contributed by atoms with Gasteiger partial charge in [-0.1, -0.05) is 11.6 Å². The molecular formula is C10H13ClN2O5. The quantitative estimate of drug-likeness (QED) is 0.635. The molecule has 1 aromatic rings. The van der Waals surface area contributed by atoms with E-state index in [4.69, 9.17) is 16.3 Å². The lowest BCUT2D eigenvalue weighted by Crippen LogP contribution is -2.36. The largest absolute Gasteiger partial charge is 0.493 e. The van der Waals surface area contributed by atoms with E-state index in [1.54, 1.807) is 0 Å². The molecule has 2 rings (SSSR count). The molecule has 1 aliphatic carbocycles. The molecule has 0 spiro atoms. The van der Waals surface area contributed by atoms with Crippen molar-refractivity contribution >= 4 is 11.6 Å². The van der Waals surface area contributed by atoms with Crippen LogP contribution in [0.4, 0.5) is 0 Å². The fraction of sp³-hybridized carbons (Fsp3) is 0.600. The maximum Gasteiger partial charge on any atom is 0.289 e. The summed E-state index contributed by atoms with van der Waals surface area (Å²) in [7, 11) is 1.35. The Morgan fingerprint density at radius 2 is 2.11 bits per heavy atom. The molecule has 8 heteroatoms. The van der Waals surface area contributed by atoms with Crippen molar-refractivity contribution in [2.24, 2.45) is 0 Å². The highest BCUT2D eigenvalue weighted by Gasteiger charge is 2.42. The first-order chi connectivity index (χ1) is 8.47. The SMILES string of the molecule is COc1cnn(C2CC(O)C(O)C2O)c(=O)c1Cl. The predicted octanol–water partition coefficient (Wildman–Crippen LogP) is -1.07. The van der Waals surface area contributed by atoms with Crippen LogP contribution in [0.3, 0.4) is 0 Å². The van der Waals surface area contributed by atoms with Gasteiger partial charge in [-0.3, -0.25) is 4.79 Å². The van der Waals surface area contributed by atoms with Crippen molar-refractivity contribution in [3.63, 3.8) is 0 Å². The molecule has 0 bridgehead atoms. The van der Waals surface area contributed by atoms with Crippen LogP contribution < -0.4 is 10.3 Å². The Kier molecular flexibility index (Phi) is 3.58. The normalized spacial score (nSPS) is 31.6. The minimum absolute atomic E-state index is 0.0257. The van der Waals surface area contributed by atoms with Gasteiger partial charge in [-0.25, -0.2) is 4.68 Å². The Balaban J connectivity index is 2.42. The fourth-order valence-electron chi connectivity index (χ4n) is 2.03. The van der Waals surface area contributed by atoms with E-state index in [0.29, 0.717) is 0 Å². The third-order valence-corrected chi connectivity index (χ3v) is 3.41. The van der Waals surface area contributed by atoms with E-state index < -0.39 is 29.9 Å². The van der Waals surface area contributed by atoms with E-state index in [9.17, 15) is 20.1 Å². The Labute approximate surface area is 107 Å². The molecule has 7 nitrogen and oxygen atoms in total. The minimum Gasteiger partial charge on any atom is -0.493 e. The van der Waals surface area contributed by atoms with Crippen molar-refractivity contribution < 1.29 is 20.1 Å². The number of rotatable bonds is 2. The predicted molar refractivity (Wildman–Crippen MR) is 61.7 cm³/mol. The summed E-state index contributed by atoms with van der Waals surface area (Å²) in [5.74, 6) is 0.131. The molecule has 0 radical (unpaired) electrons. The summed E-state index contributed by atoms with van der Waals surface area (Å²) < 4.78 is 5.80. The Hall–Kier alpha value is -1.15. The second kappa shape index (κ2) is 4.85. The molecule has 1 fully saturated rings. The van der Waals surface area contributed by atoms with Crippen LogP contribution >= 0.6 is 11.6 Å². The second-order valence-electron chi connectivity index (χ2n) is 4.13. The number of halogens is 1. The van der Waals surface area contributed by atoms with E-state index in [2.05, 4.69) is 5.10 Å². The average Bonchev–Trinajstić information content (AvgIpc) is 2.60. The topological polar surface area (TPSA) is 105 Å². The Morgan fingerprint density at radius 1 is 1.44 bits per heavy atom. The summed E-state index contributed by atoms with van der Waals surface area (Å²) >= 11 is 5.79. The molecule has 1 aliphatic rings. The van der Waals surface area contributed by atoms with Gasteiger partial charge >= 0.3 is 0 Å². The number of ether oxygens (including phenoxy) is 1. The molecule has 1 heterocycles. The number of aliphatic hydroxyl groups is 3. The second-order valence-corrected chi connectivity index (χ2v) is 4.51. The zero-order chi connectivity index (χ0) is 13.4. The number of aromatic nitrogens is 2. The first-order valence-electron chi connectivity index (χ1n) is 5.33. The average molecular weight is 277 g/mol. The molecule has 18 heavy (non-hydrogen) atoms. The molecule has 4 atom stereocenters. The molecule has 4 unspecified atom stereocenters. The third kappa shape index (κ3) is 1.99. The van der Waals surface area contributed by atoms with Crippen LogP contribution in [-0.4, -0.2) is 50.5 Å². The van der Waals surface area contributed by atoms with Gasteiger partial charge in [0.1, 0.15) is 12.2 Å². The number of hydrogen-bond donors (Lipinski definition) is 3. The van der Waals surface area contributed by atoms with E-state index in [1.165, 1.54) is 13.3 Å². The number of methoxy groups -OCH3 is 1. The van der Waals surface area contributed by atoms with Crippen molar-refractivity contribution in [3.8, 4) is 5.75 Å². The monoisotopic (exact) mass is 276 g/mol. The van der Waals surface area contributed by atoms with E-state index in [0.717, 1.165) is 4.68 Å². The molecular weight excluding hydrogens is 264 g/mol. The molecule has 0 aliphatic heterocycles. The summed E-state index contributed by atoms with van der Waals surface area (Å²) in [6.07, 6.45) is -2.40. The summed E-state index contributed by atoms with van der Waals surface area (Å²) in [5, 5.41) is 32.3. The number of nitrogens with zero attached hydrogens (tertiary/aromatic N) is 2. The van der Waals surface area contributed by atoms with Gasteiger partial charge in [-0.15, -0.1) is 0 Å². The lowest BCUT2D eigenvalue weighted by molar-refractivity contribution is -0.0257. The van der Waals surface area contributed by atoms with E-state index >= 15 is 0 Å². The maximum atomic E-state index is 11.9. The Morgan fingerprint density at radius 3 is 2.61 bits per heavy atom. The zero-order valence-electron chi connectivity index (χ0n) is 9.52. The Bertz CT molecular complexity index is 506. The van der Waals surface area contributed by atoms with Gasteiger partial charge in [-0.05, 0) is 0 Å². The number of hydrogen-bond acceptors (Lipinski definition) is 6. The standard InChI is InChI=1S/C10H13ClN2O5/c1-18-6-3-12-13(10(17)7(6)11)4-2-5(14)9(16)8(4)15/h3-5,8-9,14-16H,2H2,1H3. The van der Waals surface area contributed by atoms with Crippen LogP contribution in [0, 0.1) is 0 Å². The summed E-state index contributed by atoms with van der Waals surface area (Å²) in [5.41, 5.74) is -0.638. The molecule has 0 amide bonds. The lowest BCUT2D eigenvalue weighted by Gasteiger charge is -2.18. The van der Waals surface area contributed by atoms with Gasteiger partial charge in [0, 0.05) is 6.42 Å². The molecule has 1 aromatic heterocycles. The van der Waals surface area contributed by atoms with Crippen LogP contribution in [-0.2, 0) is 0 Å². The van der Waals surface area contributed by atoms with Crippen LogP contribution in [0.1, 0.15) is 12.5 Å². The first-order valence-corrected chi connectivity index (χ1v) is 5.70. The lowest BCUT2D eigenvalue weighted by atomic mass is 10.2. The molecule has 1 saturated carbocycles. The van der Waals surface area contributed by atoms with Gasteiger partial charge in [0.25, 0.3) is 5.56 Å². The van der Waals surface area contributed by atoms with Crippen LogP contribution in [0.5, 0.6) is 5.75 Å². The maximum absolute atomic E-state index is 11.9. The minimum atomic E-state index is -1.30. The van der Waals surface area contributed by atoms with Gasteiger partial charge in [0.15, 0.2) is 10.8 Å². The van der Waals surface area contributed by atoms with Crippen molar-refractivity contribution in [3.05, 3.63) is 21.6 Å². The van der Waals surface area contributed by atoms with Crippen LogP contribution in [0.15, 0.2) is 11.0 Å². The van der Waals surface area contributed by atoms with Gasteiger partial charge in [0.2, 0.25) is 0 Å². The van der Waals surface area contributed by atoms with Crippen LogP contribution in [0.25, 0.3) is 0 Å². The van der Waals surface area contributed by atoms with E-state index in [1.807, 2.05) is 0 Å². The van der Waals surface area contributed by atoms with Crippen molar-refractivity contribution in [2.75, 3.05) is 7.11 Å². The first kappa shape index (κ1) is 13.3. The highest BCUT2D eigenvalue weighted by Crippen LogP contribution is 2.30. The smallest absolute Gasteiger partial charge is 0.289 e.